The molecule has 3 rings (SSSR count). The second-order valence-corrected chi connectivity index (χ2v) is 7.71. The number of rotatable bonds is 6. The van der Waals surface area contributed by atoms with Gasteiger partial charge in [0.2, 0.25) is 0 Å². The first-order chi connectivity index (χ1) is 13.1. The average Bonchev–Trinajstić information content (AvgIpc) is 2.72. The third kappa shape index (κ3) is 4.74. The van der Waals surface area contributed by atoms with E-state index in [9.17, 15) is 13.2 Å². The average molecular weight is 381 g/mol. The highest BCUT2D eigenvalue weighted by atomic mass is 32.2. The minimum absolute atomic E-state index is 0.00469. The van der Waals surface area contributed by atoms with Crippen LogP contribution in [0.5, 0.6) is 0 Å². The smallest absolute Gasteiger partial charge is 0.424 e. The molecule has 3 aromatic carbocycles. The van der Waals surface area contributed by atoms with Crippen LogP contribution in [-0.2, 0) is 27.9 Å². The number of carbonyl (C=O) groups is 1. The van der Waals surface area contributed by atoms with Crippen molar-refractivity contribution >= 4 is 16.1 Å². The van der Waals surface area contributed by atoms with Crippen molar-refractivity contribution in [2.24, 2.45) is 0 Å². The van der Waals surface area contributed by atoms with Crippen molar-refractivity contribution in [3.05, 3.63) is 102 Å². The van der Waals surface area contributed by atoms with E-state index in [4.69, 9.17) is 4.74 Å². The van der Waals surface area contributed by atoms with E-state index >= 15 is 0 Å². The number of sulfonamides is 1. The van der Waals surface area contributed by atoms with Crippen LogP contribution in [0.1, 0.15) is 11.1 Å². The van der Waals surface area contributed by atoms with Crippen molar-refractivity contribution in [2.45, 2.75) is 18.0 Å². The van der Waals surface area contributed by atoms with Gasteiger partial charge >= 0.3 is 6.09 Å². The predicted octanol–water partition coefficient (Wildman–Crippen LogP) is 4.21. The summed E-state index contributed by atoms with van der Waals surface area (Å²) in [5.74, 6) is 0. The molecule has 0 bridgehead atoms. The monoisotopic (exact) mass is 381 g/mol. The van der Waals surface area contributed by atoms with Crippen LogP contribution < -0.4 is 0 Å². The Balaban J connectivity index is 1.86. The van der Waals surface area contributed by atoms with Gasteiger partial charge in [0.25, 0.3) is 10.0 Å². The second kappa shape index (κ2) is 8.51. The van der Waals surface area contributed by atoms with Crippen LogP contribution in [0.4, 0.5) is 4.79 Å². The second-order valence-electron chi connectivity index (χ2n) is 5.85. The summed E-state index contributed by atoms with van der Waals surface area (Å²) in [6.45, 7) is -0.110. The lowest BCUT2D eigenvalue weighted by Gasteiger charge is -2.22. The molecule has 0 aliphatic rings. The molecule has 0 aliphatic heterocycles. The standard InChI is InChI=1S/C21H19NO4S/c23-21(26-17-19-12-6-2-7-13-19)22(16-18-10-4-1-5-11-18)27(24,25)20-14-8-3-9-15-20/h1-15H,16-17H2. The SMILES string of the molecule is O=C(OCc1ccccc1)N(Cc1ccccc1)S(=O)(=O)c1ccccc1. The number of hydrogen-bond donors (Lipinski definition) is 0. The van der Waals surface area contributed by atoms with Gasteiger partial charge in [0.15, 0.2) is 0 Å². The van der Waals surface area contributed by atoms with E-state index in [1.807, 2.05) is 24.3 Å². The van der Waals surface area contributed by atoms with E-state index in [0.29, 0.717) is 5.56 Å². The number of nitrogens with zero attached hydrogens (tertiary/aromatic N) is 1. The Morgan fingerprint density at radius 1 is 0.741 bits per heavy atom. The summed E-state index contributed by atoms with van der Waals surface area (Å²) in [6.07, 6.45) is -0.911. The summed E-state index contributed by atoms with van der Waals surface area (Å²) in [4.78, 5) is 12.7. The first-order valence-corrected chi connectivity index (χ1v) is 9.84. The van der Waals surface area contributed by atoms with Crippen LogP contribution in [0.3, 0.4) is 0 Å². The molecule has 0 N–H and O–H groups in total. The topological polar surface area (TPSA) is 63.7 Å². The molecule has 0 radical (unpaired) electrons. The predicted molar refractivity (Wildman–Crippen MR) is 102 cm³/mol. The molecule has 0 spiro atoms. The van der Waals surface area contributed by atoms with Crippen LogP contribution in [0.15, 0.2) is 95.9 Å². The summed E-state index contributed by atoms with van der Waals surface area (Å²) in [5.41, 5.74) is 1.47. The molecule has 3 aromatic rings. The van der Waals surface area contributed by atoms with Crippen molar-refractivity contribution < 1.29 is 17.9 Å². The fourth-order valence-corrected chi connectivity index (χ4v) is 3.83. The van der Waals surface area contributed by atoms with Crippen LogP contribution in [0.25, 0.3) is 0 Å². The van der Waals surface area contributed by atoms with Crippen molar-refractivity contribution in [1.29, 1.82) is 0 Å². The van der Waals surface area contributed by atoms with E-state index < -0.39 is 16.1 Å². The van der Waals surface area contributed by atoms with Gasteiger partial charge in [-0.3, -0.25) is 0 Å². The maximum atomic E-state index is 13.0. The Bertz CT molecular complexity index is 974. The fourth-order valence-electron chi connectivity index (χ4n) is 2.51. The number of benzene rings is 3. The number of carbonyl (C=O) groups excluding carboxylic acids is 1. The van der Waals surface area contributed by atoms with Crippen molar-refractivity contribution in [2.75, 3.05) is 0 Å². The molecule has 0 unspecified atom stereocenters. The van der Waals surface area contributed by atoms with Gasteiger partial charge in [-0.1, -0.05) is 78.9 Å². The Morgan fingerprint density at radius 3 is 1.78 bits per heavy atom. The van der Waals surface area contributed by atoms with Crippen molar-refractivity contribution in [3.63, 3.8) is 0 Å². The molecule has 5 nitrogen and oxygen atoms in total. The summed E-state index contributed by atoms with van der Waals surface area (Å²) in [5, 5.41) is 0. The molecular weight excluding hydrogens is 362 g/mol. The zero-order valence-electron chi connectivity index (χ0n) is 14.6. The van der Waals surface area contributed by atoms with E-state index in [1.165, 1.54) is 12.1 Å². The lowest BCUT2D eigenvalue weighted by molar-refractivity contribution is 0.117. The van der Waals surface area contributed by atoms with Gasteiger partial charge in [0.1, 0.15) is 6.61 Å². The maximum Gasteiger partial charge on any atom is 0.424 e. The lowest BCUT2D eigenvalue weighted by Crippen LogP contribution is -2.36. The van der Waals surface area contributed by atoms with E-state index in [2.05, 4.69) is 0 Å². The maximum absolute atomic E-state index is 13.0. The molecular formula is C21H19NO4S. The molecule has 0 aromatic heterocycles. The first kappa shape index (κ1) is 18.7. The van der Waals surface area contributed by atoms with Gasteiger partial charge in [0, 0.05) is 0 Å². The normalized spacial score (nSPS) is 11.0. The summed E-state index contributed by atoms with van der Waals surface area (Å²) in [7, 11) is -4.04. The molecule has 0 aliphatic carbocycles. The zero-order valence-corrected chi connectivity index (χ0v) is 15.4. The van der Waals surface area contributed by atoms with E-state index in [1.54, 1.807) is 54.6 Å². The molecule has 0 fully saturated rings. The first-order valence-electron chi connectivity index (χ1n) is 8.40. The third-order valence-corrected chi connectivity index (χ3v) is 5.64. The number of hydrogen-bond acceptors (Lipinski definition) is 4. The van der Waals surface area contributed by atoms with Crippen molar-refractivity contribution in [1.82, 2.24) is 4.31 Å². The molecule has 0 saturated carbocycles. The molecule has 27 heavy (non-hydrogen) atoms. The van der Waals surface area contributed by atoms with Gasteiger partial charge in [-0.05, 0) is 23.3 Å². The van der Waals surface area contributed by atoms with Crippen LogP contribution >= 0.6 is 0 Å². The lowest BCUT2D eigenvalue weighted by atomic mass is 10.2. The Morgan fingerprint density at radius 2 is 1.22 bits per heavy atom. The van der Waals surface area contributed by atoms with Gasteiger partial charge in [-0.25, -0.2) is 13.2 Å². The summed E-state index contributed by atoms with van der Waals surface area (Å²) in [6, 6.07) is 25.9. The van der Waals surface area contributed by atoms with Gasteiger partial charge in [0.05, 0.1) is 11.4 Å². The largest absolute Gasteiger partial charge is 0.444 e. The highest BCUT2D eigenvalue weighted by Gasteiger charge is 2.30. The van der Waals surface area contributed by atoms with E-state index in [0.717, 1.165) is 9.87 Å². The minimum atomic E-state index is -4.04. The number of amides is 1. The molecule has 138 valence electrons. The molecule has 0 heterocycles. The highest BCUT2D eigenvalue weighted by Crippen LogP contribution is 2.20. The van der Waals surface area contributed by atoms with Crippen LogP contribution in [-0.4, -0.2) is 18.8 Å². The minimum Gasteiger partial charge on any atom is -0.444 e. The summed E-state index contributed by atoms with van der Waals surface area (Å²) >= 11 is 0. The highest BCUT2D eigenvalue weighted by molar-refractivity contribution is 7.89. The Hall–Kier alpha value is -3.12. The molecule has 1 amide bonds. The Labute approximate surface area is 158 Å². The zero-order chi connectivity index (χ0) is 19.1. The van der Waals surface area contributed by atoms with Crippen LogP contribution in [0.2, 0.25) is 0 Å². The fraction of sp³-hybridized carbons (Fsp3) is 0.0952. The molecule has 6 heteroatoms. The van der Waals surface area contributed by atoms with Crippen molar-refractivity contribution in [3.8, 4) is 0 Å². The Kier molecular flexibility index (Phi) is 5.88. The van der Waals surface area contributed by atoms with Crippen LogP contribution in [0, 0.1) is 0 Å². The molecule has 0 saturated heterocycles. The van der Waals surface area contributed by atoms with Gasteiger partial charge < -0.3 is 4.74 Å². The number of ether oxygens (including phenoxy) is 1. The summed E-state index contributed by atoms with van der Waals surface area (Å²) < 4.78 is 32.1. The quantitative estimate of drug-likeness (QED) is 0.641. The third-order valence-electron chi connectivity index (χ3n) is 3.91. The van der Waals surface area contributed by atoms with Gasteiger partial charge in [-0.15, -0.1) is 0 Å². The molecule has 0 atom stereocenters. The van der Waals surface area contributed by atoms with E-state index in [-0.39, 0.29) is 18.0 Å². The van der Waals surface area contributed by atoms with Gasteiger partial charge in [-0.2, -0.15) is 4.31 Å².